The van der Waals surface area contributed by atoms with Crippen molar-refractivity contribution in [3.8, 4) is 0 Å². The van der Waals surface area contributed by atoms with Gasteiger partial charge in [-0.3, -0.25) is 4.98 Å². The van der Waals surface area contributed by atoms with Crippen LogP contribution in [0, 0.1) is 0 Å². The monoisotopic (exact) mass is 224 g/mol. The molecule has 0 amide bonds. The third-order valence-electron chi connectivity index (χ3n) is 2.57. The van der Waals surface area contributed by atoms with E-state index >= 15 is 0 Å². The first kappa shape index (κ1) is 12.9. The fraction of sp³-hybridized carbons (Fsp3) is 0.583. The fourth-order valence-corrected chi connectivity index (χ4v) is 1.39. The number of aromatic nitrogens is 1. The molecule has 1 aromatic rings. The summed E-state index contributed by atoms with van der Waals surface area (Å²) >= 11 is 0. The van der Waals surface area contributed by atoms with Crippen molar-refractivity contribution in [2.45, 2.75) is 19.4 Å². The van der Waals surface area contributed by atoms with Gasteiger partial charge in [-0.25, -0.2) is 0 Å². The van der Waals surface area contributed by atoms with E-state index in [9.17, 15) is 5.11 Å². The van der Waals surface area contributed by atoms with Gasteiger partial charge < -0.3 is 14.7 Å². The fourth-order valence-electron chi connectivity index (χ4n) is 1.39. The molecule has 0 bridgehead atoms. The number of ether oxygens (including phenoxy) is 1. The first-order valence-corrected chi connectivity index (χ1v) is 5.53. The van der Waals surface area contributed by atoms with Crippen LogP contribution >= 0.6 is 0 Å². The van der Waals surface area contributed by atoms with Gasteiger partial charge in [-0.15, -0.1) is 0 Å². The number of aliphatic hydroxyl groups excluding tert-OH is 1. The van der Waals surface area contributed by atoms with E-state index in [1.165, 1.54) is 0 Å². The second kappa shape index (κ2) is 6.45. The lowest BCUT2D eigenvalue weighted by molar-refractivity contribution is 0.169. The third-order valence-corrected chi connectivity index (χ3v) is 2.57. The Morgan fingerprint density at radius 3 is 2.75 bits per heavy atom. The summed E-state index contributed by atoms with van der Waals surface area (Å²) in [5, 5.41) is 9.60. The van der Waals surface area contributed by atoms with Crippen molar-refractivity contribution < 1.29 is 9.84 Å². The van der Waals surface area contributed by atoms with Gasteiger partial charge in [-0.05, 0) is 18.6 Å². The highest BCUT2D eigenvalue weighted by Gasteiger charge is 2.07. The molecule has 0 spiro atoms. The van der Waals surface area contributed by atoms with Crippen LogP contribution in [0.1, 0.15) is 25.1 Å². The molecular weight excluding hydrogens is 204 g/mol. The smallest absolute Gasteiger partial charge is 0.0957 e. The van der Waals surface area contributed by atoms with Crippen molar-refractivity contribution in [1.29, 1.82) is 0 Å². The molecule has 0 aliphatic rings. The van der Waals surface area contributed by atoms with Crippen molar-refractivity contribution in [1.82, 2.24) is 4.98 Å². The second-order valence-corrected chi connectivity index (χ2v) is 3.78. The average molecular weight is 224 g/mol. The lowest BCUT2D eigenvalue weighted by Crippen LogP contribution is -2.22. The van der Waals surface area contributed by atoms with Crippen LogP contribution in [0.4, 0.5) is 5.69 Å². The maximum absolute atomic E-state index is 9.60. The summed E-state index contributed by atoms with van der Waals surface area (Å²) in [6, 6.07) is 3.84. The molecule has 16 heavy (non-hydrogen) atoms. The third kappa shape index (κ3) is 3.47. The summed E-state index contributed by atoms with van der Waals surface area (Å²) in [5.41, 5.74) is 1.76. The molecule has 1 heterocycles. The minimum absolute atomic E-state index is 0.460. The number of aliphatic hydroxyl groups is 1. The summed E-state index contributed by atoms with van der Waals surface area (Å²) in [7, 11) is 3.68. The number of likely N-dealkylation sites (N-methyl/N-ethyl adjacent to an activating group) is 1. The first-order valence-electron chi connectivity index (χ1n) is 5.53. The van der Waals surface area contributed by atoms with Crippen molar-refractivity contribution in [3.05, 3.63) is 24.0 Å². The minimum atomic E-state index is -0.460. The Labute approximate surface area is 96.9 Å². The molecule has 4 heteroatoms. The number of nitrogens with zero attached hydrogens (tertiary/aromatic N) is 2. The summed E-state index contributed by atoms with van der Waals surface area (Å²) in [4.78, 5) is 6.31. The van der Waals surface area contributed by atoms with Gasteiger partial charge in [0, 0.05) is 20.7 Å². The molecule has 1 aromatic heterocycles. The maximum atomic E-state index is 9.60. The molecule has 0 saturated heterocycles. The highest BCUT2D eigenvalue weighted by atomic mass is 16.5. The molecule has 0 fully saturated rings. The Balaban J connectivity index is 2.63. The second-order valence-electron chi connectivity index (χ2n) is 3.78. The van der Waals surface area contributed by atoms with Gasteiger partial charge in [-0.2, -0.15) is 0 Å². The number of hydrogen-bond donors (Lipinski definition) is 1. The Bertz CT molecular complexity index is 300. The van der Waals surface area contributed by atoms with Crippen molar-refractivity contribution in [3.63, 3.8) is 0 Å². The zero-order valence-corrected chi connectivity index (χ0v) is 10.2. The number of anilines is 1. The molecule has 0 aliphatic heterocycles. The van der Waals surface area contributed by atoms with Crippen LogP contribution < -0.4 is 4.90 Å². The quantitative estimate of drug-likeness (QED) is 0.797. The van der Waals surface area contributed by atoms with Gasteiger partial charge in [0.2, 0.25) is 0 Å². The molecule has 0 saturated carbocycles. The molecular formula is C12H20N2O2. The lowest BCUT2D eigenvalue weighted by atomic mass is 10.2. The zero-order chi connectivity index (χ0) is 12.0. The molecule has 0 unspecified atom stereocenters. The molecule has 4 nitrogen and oxygen atoms in total. The lowest BCUT2D eigenvalue weighted by Gasteiger charge is -2.18. The summed E-state index contributed by atoms with van der Waals surface area (Å²) in [6.45, 7) is 3.45. The Morgan fingerprint density at radius 1 is 1.50 bits per heavy atom. The van der Waals surface area contributed by atoms with E-state index in [1.54, 1.807) is 13.3 Å². The van der Waals surface area contributed by atoms with Gasteiger partial charge in [0.05, 0.1) is 30.3 Å². The van der Waals surface area contributed by atoms with Crippen molar-refractivity contribution in [2.24, 2.45) is 0 Å². The predicted molar refractivity (Wildman–Crippen MR) is 64.6 cm³/mol. The van der Waals surface area contributed by atoms with Crippen LogP contribution in [-0.4, -0.2) is 37.4 Å². The predicted octanol–water partition coefficient (Wildman–Crippen LogP) is 1.61. The highest BCUT2D eigenvalue weighted by Crippen LogP contribution is 2.17. The van der Waals surface area contributed by atoms with Crippen LogP contribution in [0.3, 0.4) is 0 Å². The number of pyridine rings is 1. The van der Waals surface area contributed by atoms with Gasteiger partial charge in [0.15, 0.2) is 0 Å². The number of hydrogen-bond acceptors (Lipinski definition) is 4. The van der Waals surface area contributed by atoms with E-state index in [2.05, 4.69) is 9.88 Å². The molecule has 90 valence electrons. The minimum Gasteiger partial charge on any atom is -0.387 e. The van der Waals surface area contributed by atoms with E-state index < -0.39 is 6.10 Å². The van der Waals surface area contributed by atoms with Gasteiger partial charge in [-0.1, -0.05) is 6.92 Å². The van der Waals surface area contributed by atoms with Crippen LogP contribution in [0.25, 0.3) is 0 Å². The molecule has 1 rings (SSSR count). The van der Waals surface area contributed by atoms with E-state index in [0.717, 1.165) is 17.9 Å². The Hall–Kier alpha value is -1.13. The molecule has 1 N–H and O–H groups in total. The summed E-state index contributed by atoms with van der Waals surface area (Å²) < 4.78 is 5.01. The summed E-state index contributed by atoms with van der Waals surface area (Å²) in [6.07, 6.45) is 2.01. The average Bonchev–Trinajstić information content (AvgIpc) is 2.35. The number of methoxy groups -OCH3 is 1. The molecule has 0 aliphatic carbocycles. The van der Waals surface area contributed by atoms with Gasteiger partial charge in [0.25, 0.3) is 0 Å². The largest absolute Gasteiger partial charge is 0.387 e. The Kier molecular flexibility index (Phi) is 5.22. The van der Waals surface area contributed by atoms with Crippen LogP contribution in [0.5, 0.6) is 0 Å². The first-order chi connectivity index (χ1) is 7.69. The van der Waals surface area contributed by atoms with Gasteiger partial charge >= 0.3 is 0 Å². The SMILES string of the molecule is CC[C@@H](O)c1ccc(N(C)CCOC)cn1. The van der Waals surface area contributed by atoms with E-state index in [0.29, 0.717) is 13.0 Å². The van der Waals surface area contributed by atoms with Crippen LogP contribution in [-0.2, 0) is 4.74 Å². The van der Waals surface area contributed by atoms with Crippen molar-refractivity contribution >= 4 is 5.69 Å². The summed E-state index contributed by atoms with van der Waals surface area (Å²) in [5.74, 6) is 0. The van der Waals surface area contributed by atoms with E-state index in [4.69, 9.17) is 4.74 Å². The molecule has 1 atom stereocenters. The van der Waals surface area contributed by atoms with Crippen LogP contribution in [0.15, 0.2) is 18.3 Å². The highest BCUT2D eigenvalue weighted by molar-refractivity contribution is 5.43. The zero-order valence-electron chi connectivity index (χ0n) is 10.2. The Morgan fingerprint density at radius 2 is 2.25 bits per heavy atom. The standard InChI is InChI=1S/C12H20N2O2/c1-4-12(15)11-6-5-10(9-13-11)14(2)7-8-16-3/h5-6,9,12,15H,4,7-8H2,1-3H3/t12-/m1/s1. The maximum Gasteiger partial charge on any atom is 0.0957 e. The van der Waals surface area contributed by atoms with Crippen LogP contribution in [0.2, 0.25) is 0 Å². The topological polar surface area (TPSA) is 45.6 Å². The molecule has 0 radical (unpaired) electrons. The number of rotatable bonds is 6. The van der Waals surface area contributed by atoms with E-state index in [-0.39, 0.29) is 0 Å². The molecule has 0 aromatic carbocycles. The van der Waals surface area contributed by atoms with E-state index in [1.807, 2.05) is 26.1 Å². The normalized spacial score (nSPS) is 12.5. The van der Waals surface area contributed by atoms with Gasteiger partial charge in [0.1, 0.15) is 0 Å². The van der Waals surface area contributed by atoms with Crippen molar-refractivity contribution in [2.75, 3.05) is 32.2 Å².